The van der Waals surface area contributed by atoms with E-state index in [1.54, 1.807) is 5.56 Å². The minimum Gasteiger partial charge on any atom is -1.00 e. The van der Waals surface area contributed by atoms with Crippen molar-refractivity contribution >= 4 is 24.0 Å². The van der Waals surface area contributed by atoms with Crippen LogP contribution in [-0.4, -0.2) is 8.07 Å². The molecule has 4 rings (SSSR count). The van der Waals surface area contributed by atoms with Crippen molar-refractivity contribution in [3.63, 3.8) is 0 Å². The molecule has 1 fully saturated rings. The molecule has 0 aromatic heterocycles. The molecule has 0 aliphatic heterocycles. The van der Waals surface area contributed by atoms with Crippen molar-refractivity contribution < 1.29 is 51.0 Å². The molecule has 0 spiro atoms. The van der Waals surface area contributed by atoms with Crippen LogP contribution in [0.15, 0.2) is 54.6 Å². The second kappa shape index (κ2) is 12.1. The van der Waals surface area contributed by atoms with Gasteiger partial charge in [-0.2, -0.15) is 6.07 Å². The first-order chi connectivity index (χ1) is 13.0. The molecular weight excluding hydrogens is 503 g/mol. The van der Waals surface area contributed by atoms with Crippen LogP contribution in [0.25, 0.3) is 21.9 Å². The Kier molecular flexibility index (Phi) is 11.2. The summed E-state index contributed by atoms with van der Waals surface area (Å²) in [7, 11) is -1.24. The van der Waals surface area contributed by atoms with E-state index in [-0.39, 0.29) is 51.0 Å². The summed E-state index contributed by atoms with van der Waals surface area (Å²) in [5, 5.41) is 4.38. The Bertz CT molecular complexity index is 901. The summed E-state index contributed by atoms with van der Waals surface area (Å²) in [5.41, 5.74) is 4.29. The molecule has 30 heavy (non-hydrogen) atoms. The molecule has 3 aromatic carbocycles. The van der Waals surface area contributed by atoms with Gasteiger partial charge in [-0.25, -0.2) is 0 Å². The minimum absolute atomic E-state index is 0. The first-order valence-corrected chi connectivity index (χ1v) is 14.3. The summed E-state index contributed by atoms with van der Waals surface area (Å²) < 4.78 is 0. The van der Waals surface area contributed by atoms with Crippen molar-refractivity contribution in [3.05, 3.63) is 60.2 Å². The summed E-state index contributed by atoms with van der Waals surface area (Å²) in [6.07, 6.45) is 9.86. The van der Waals surface area contributed by atoms with Crippen LogP contribution in [0.2, 0.25) is 19.6 Å². The van der Waals surface area contributed by atoms with Gasteiger partial charge in [-0.15, -0.1) is 34.5 Å². The fourth-order valence-corrected chi connectivity index (χ4v) is 5.88. The summed E-state index contributed by atoms with van der Waals surface area (Å²) in [6.45, 7) is 7.25. The Labute approximate surface area is 215 Å². The summed E-state index contributed by atoms with van der Waals surface area (Å²) in [5.74, 6) is 0.892. The second-order valence-electron chi connectivity index (χ2n) is 9.56. The van der Waals surface area contributed by atoms with E-state index in [0.29, 0.717) is 0 Å². The fourth-order valence-electron chi connectivity index (χ4n) is 4.72. The van der Waals surface area contributed by atoms with Gasteiger partial charge in [0.25, 0.3) is 0 Å². The molecule has 1 aliphatic carbocycles. The molecule has 0 N–H and O–H groups in total. The van der Waals surface area contributed by atoms with Gasteiger partial charge < -0.3 is 24.8 Å². The van der Waals surface area contributed by atoms with E-state index in [4.69, 9.17) is 0 Å². The van der Waals surface area contributed by atoms with Crippen molar-refractivity contribution in [1.82, 2.24) is 0 Å². The van der Waals surface area contributed by atoms with E-state index < -0.39 is 8.07 Å². The molecule has 0 nitrogen and oxygen atoms in total. The Morgan fingerprint density at radius 2 is 1.50 bits per heavy atom. The third kappa shape index (κ3) is 6.61. The SMILES string of the molecule is C[Si](C)(C)c1ccc(-c2cccc3[cH-]c(CC4CCCCCC4)cc23)cc1.[Cl-].[Cl-].[Zr+3]. The van der Waals surface area contributed by atoms with Crippen molar-refractivity contribution in [2.24, 2.45) is 5.92 Å². The van der Waals surface area contributed by atoms with E-state index in [9.17, 15) is 0 Å². The Balaban J connectivity index is 0.00000150. The second-order valence-corrected chi connectivity index (χ2v) is 14.6. The monoisotopic (exact) mass is 533 g/mol. The van der Waals surface area contributed by atoms with Gasteiger partial charge in [-0.3, -0.25) is 0 Å². The number of halogens is 2. The molecule has 159 valence electrons. The van der Waals surface area contributed by atoms with Gasteiger partial charge >= 0.3 is 26.2 Å². The maximum atomic E-state index is 2.47. The van der Waals surface area contributed by atoms with Crippen molar-refractivity contribution in [1.29, 1.82) is 0 Å². The van der Waals surface area contributed by atoms with E-state index in [2.05, 4.69) is 74.2 Å². The van der Waals surface area contributed by atoms with Crippen molar-refractivity contribution in [2.75, 3.05) is 0 Å². The Morgan fingerprint density at radius 1 is 0.867 bits per heavy atom. The smallest absolute Gasteiger partial charge is 1.00 e. The predicted octanol–water partition coefficient (Wildman–Crippen LogP) is 1.29. The average Bonchev–Trinajstić information content (AvgIpc) is 2.88. The molecular formula is C26H33Cl2SiZr. The molecule has 1 radical (unpaired) electrons. The average molecular weight is 536 g/mol. The maximum Gasteiger partial charge on any atom is 3.00 e. The van der Waals surface area contributed by atoms with E-state index >= 15 is 0 Å². The number of fused-ring (bicyclic) bond motifs is 1. The number of rotatable bonds is 4. The predicted molar refractivity (Wildman–Crippen MR) is 123 cm³/mol. The van der Waals surface area contributed by atoms with Crippen LogP contribution in [0.1, 0.15) is 44.1 Å². The zero-order valence-electron chi connectivity index (χ0n) is 18.5. The van der Waals surface area contributed by atoms with Crippen LogP contribution >= 0.6 is 0 Å². The van der Waals surface area contributed by atoms with Crippen LogP contribution in [0.3, 0.4) is 0 Å². The maximum absolute atomic E-state index is 2.47. The zero-order chi connectivity index (χ0) is 18.9. The first-order valence-electron chi connectivity index (χ1n) is 10.8. The normalized spacial score (nSPS) is 14.9. The topological polar surface area (TPSA) is 0 Å². The summed E-state index contributed by atoms with van der Waals surface area (Å²) >= 11 is 0. The molecule has 4 heteroatoms. The quantitative estimate of drug-likeness (QED) is 0.268. The molecule has 0 bridgehead atoms. The van der Waals surface area contributed by atoms with Crippen LogP contribution in [0, 0.1) is 5.92 Å². The third-order valence-corrected chi connectivity index (χ3v) is 8.44. The van der Waals surface area contributed by atoms with E-state index in [1.165, 1.54) is 72.0 Å². The third-order valence-electron chi connectivity index (χ3n) is 6.37. The van der Waals surface area contributed by atoms with Gasteiger partial charge in [0.2, 0.25) is 0 Å². The molecule has 0 heterocycles. The molecule has 1 aliphatic rings. The van der Waals surface area contributed by atoms with Crippen molar-refractivity contribution in [3.8, 4) is 11.1 Å². The van der Waals surface area contributed by atoms with Crippen LogP contribution in [-0.2, 0) is 32.6 Å². The molecule has 0 atom stereocenters. The van der Waals surface area contributed by atoms with Gasteiger partial charge in [0, 0.05) is 0 Å². The molecule has 0 saturated heterocycles. The minimum atomic E-state index is -1.24. The molecule has 0 amide bonds. The zero-order valence-corrected chi connectivity index (χ0v) is 23.4. The van der Waals surface area contributed by atoms with Gasteiger partial charge in [0.15, 0.2) is 0 Å². The number of benzene rings is 2. The van der Waals surface area contributed by atoms with E-state index in [1.807, 2.05) is 0 Å². The number of hydrogen-bond acceptors (Lipinski definition) is 0. The van der Waals surface area contributed by atoms with Crippen LogP contribution < -0.4 is 30.0 Å². The summed E-state index contributed by atoms with van der Waals surface area (Å²) in [6, 6.07) is 21.1. The van der Waals surface area contributed by atoms with Crippen LogP contribution in [0.4, 0.5) is 0 Å². The standard InChI is InChI=1S/C26H33Si.2ClH.Zr/c1-27(2,3)24-15-13-22(14-16-24)25-12-8-11-23-18-21(19-26(23)25)17-20-9-6-4-5-7-10-20;;;/h8,11-16,18-20H,4-7,9-10,17H2,1-3H3;2*1H;/q-1;;;+3/p-2. The van der Waals surface area contributed by atoms with Gasteiger partial charge in [-0.05, 0) is 17.9 Å². The number of hydrogen-bond donors (Lipinski definition) is 0. The molecule has 3 aromatic rings. The summed E-state index contributed by atoms with van der Waals surface area (Å²) in [4.78, 5) is 0. The van der Waals surface area contributed by atoms with Gasteiger partial charge in [-0.1, -0.05) is 99.2 Å². The molecule has 1 saturated carbocycles. The van der Waals surface area contributed by atoms with E-state index in [0.717, 1.165) is 5.92 Å². The van der Waals surface area contributed by atoms with Gasteiger partial charge in [0.05, 0.1) is 8.07 Å². The first kappa shape index (κ1) is 27.8. The van der Waals surface area contributed by atoms with Gasteiger partial charge in [0.1, 0.15) is 0 Å². The molecule has 0 unspecified atom stereocenters. The van der Waals surface area contributed by atoms with Crippen molar-refractivity contribution in [2.45, 2.75) is 64.6 Å². The largest absolute Gasteiger partial charge is 3.00 e. The Morgan fingerprint density at radius 3 is 2.10 bits per heavy atom. The fraction of sp³-hybridized carbons (Fsp3) is 0.423. The van der Waals surface area contributed by atoms with Crippen LogP contribution in [0.5, 0.6) is 0 Å². The Hall–Kier alpha value is -0.270.